The van der Waals surface area contributed by atoms with Crippen LogP contribution in [0.15, 0.2) is 35.3 Å². The molecule has 7 nitrogen and oxygen atoms in total. The number of H-pyrrole nitrogens is 1. The Morgan fingerprint density at radius 2 is 2.09 bits per heavy atom. The number of nitrogens with zero attached hydrogens (tertiary/aromatic N) is 1. The lowest BCUT2D eigenvalue weighted by Crippen LogP contribution is -2.41. The highest BCUT2D eigenvalue weighted by Gasteiger charge is 2.38. The molecule has 0 bridgehead atoms. The van der Waals surface area contributed by atoms with Crippen LogP contribution >= 0.6 is 15.9 Å². The topological polar surface area (TPSA) is 86.5 Å². The minimum Gasteiger partial charge on any atom is -0.379 e. The summed E-state index contributed by atoms with van der Waals surface area (Å²) >= 11 is 3.37. The zero-order valence-electron chi connectivity index (χ0n) is 18.6. The van der Waals surface area contributed by atoms with Gasteiger partial charge >= 0.3 is 0 Å². The molecule has 0 unspecified atom stereocenters. The van der Waals surface area contributed by atoms with Crippen LogP contribution in [0.1, 0.15) is 32.9 Å². The monoisotopic (exact) mass is 534 g/mol. The SMILES string of the molecule is C=CC(F)(F)c1c(/C=C2\C(=O)Nc3ccc(Br)cc32)[nH]c(C)c1C(=O)NCCN1CCOCC1. The number of nitrogens with one attached hydrogen (secondary N) is 3. The molecule has 0 radical (unpaired) electrons. The maximum absolute atomic E-state index is 15.0. The highest BCUT2D eigenvalue weighted by Crippen LogP contribution is 2.40. The molecular formula is C24H25BrF2N4O3. The van der Waals surface area contributed by atoms with Crippen LogP contribution in [0.4, 0.5) is 14.5 Å². The molecule has 3 heterocycles. The summed E-state index contributed by atoms with van der Waals surface area (Å²) in [6.45, 7) is 8.50. The first kappa shape index (κ1) is 24.3. The van der Waals surface area contributed by atoms with Gasteiger partial charge in [-0.2, -0.15) is 8.78 Å². The third-order valence-corrected chi connectivity index (χ3v) is 6.40. The summed E-state index contributed by atoms with van der Waals surface area (Å²) in [5, 5.41) is 5.48. The number of hydrogen-bond donors (Lipinski definition) is 3. The van der Waals surface area contributed by atoms with Gasteiger partial charge in [-0.05, 0) is 37.3 Å². The number of allylic oxidation sites excluding steroid dienone is 1. The van der Waals surface area contributed by atoms with Crippen LogP contribution in [0.3, 0.4) is 0 Å². The smallest absolute Gasteiger partial charge is 0.294 e. The Labute approximate surface area is 204 Å². The zero-order valence-corrected chi connectivity index (χ0v) is 20.2. The van der Waals surface area contributed by atoms with E-state index in [0.29, 0.717) is 43.6 Å². The van der Waals surface area contributed by atoms with E-state index in [2.05, 4.69) is 43.0 Å². The molecule has 2 amide bonds. The van der Waals surface area contributed by atoms with Crippen LogP contribution in [0.2, 0.25) is 0 Å². The molecule has 0 atom stereocenters. The van der Waals surface area contributed by atoms with Crippen molar-refractivity contribution < 1.29 is 23.1 Å². The van der Waals surface area contributed by atoms with Gasteiger partial charge in [0, 0.05) is 53.3 Å². The Morgan fingerprint density at radius 1 is 1.35 bits per heavy atom. The van der Waals surface area contributed by atoms with Crippen LogP contribution in [0.25, 0.3) is 11.6 Å². The number of ether oxygens (including phenoxy) is 1. The highest BCUT2D eigenvalue weighted by atomic mass is 79.9. The van der Waals surface area contributed by atoms with Crippen molar-refractivity contribution in [1.29, 1.82) is 0 Å². The average Bonchev–Trinajstić information content (AvgIpc) is 3.31. The fourth-order valence-electron chi connectivity index (χ4n) is 4.18. The van der Waals surface area contributed by atoms with E-state index in [1.54, 1.807) is 25.1 Å². The molecule has 180 valence electrons. The molecule has 1 aromatic heterocycles. The van der Waals surface area contributed by atoms with Gasteiger partial charge in [-0.3, -0.25) is 14.5 Å². The number of morpholine rings is 1. The predicted molar refractivity (Wildman–Crippen MR) is 130 cm³/mol. The van der Waals surface area contributed by atoms with Crippen molar-refractivity contribution in [2.24, 2.45) is 0 Å². The molecule has 2 aromatic rings. The first-order chi connectivity index (χ1) is 16.2. The number of aryl methyl sites for hydroxylation is 1. The van der Waals surface area contributed by atoms with Gasteiger partial charge in [-0.1, -0.05) is 22.5 Å². The number of carbonyl (C=O) groups is 2. The summed E-state index contributed by atoms with van der Waals surface area (Å²) in [7, 11) is 0. The molecule has 1 saturated heterocycles. The number of hydrogen-bond acceptors (Lipinski definition) is 4. The fourth-order valence-corrected chi connectivity index (χ4v) is 4.54. The molecule has 1 aromatic carbocycles. The Kier molecular flexibility index (Phi) is 7.01. The molecular weight excluding hydrogens is 510 g/mol. The van der Waals surface area contributed by atoms with Crippen LogP contribution < -0.4 is 10.6 Å². The normalized spacial score (nSPS) is 17.5. The summed E-state index contributed by atoms with van der Waals surface area (Å²) in [5.41, 5.74) is 0.993. The third kappa shape index (κ3) is 4.84. The Balaban J connectivity index is 1.67. The first-order valence-electron chi connectivity index (χ1n) is 10.9. The van der Waals surface area contributed by atoms with Gasteiger partial charge in [0.25, 0.3) is 17.7 Å². The van der Waals surface area contributed by atoms with Crippen molar-refractivity contribution >= 4 is 45.1 Å². The lowest BCUT2D eigenvalue weighted by Gasteiger charge is -2.26. The highest BCUT2D eigenvalue weighted by molar-refractivity contribution is 9.10. The summed E-state index contributed by atoms with van der Waals surface area (Å²) in [6, 6.07) is 5.24. The van der Waals surface area contributed by atoms with Crippen molar-refractivity contribution in [3.05, 3.63) is 63.4 Å². The number of anilines is 1. The molecule has 34 heavy (non-hydrogen) atoms. The molecule has 0 spiro atoms. The Bertz CT molecular complexity index is 1170. The maximum Gasteiger partial charge on any atom is 0.294 e. The van der Waals surface area contributed by atoms with E-state index in [1.165, 1.54) is 6.08 Å². The van der Waals surface area contributed by atoms with E-state index in [-0.39, 0.29) is 22.5 Å². The molecule has 0 saturated carbocycles. The predicted octanol–water partition coefficient (Wildman–Crippen LogP) is 3.92. The Hall–Kier alpha value is -2.82. The number of halogens is 3. The second kappa shape index (κ2) is 9.81. The molecule has 2 aliphatic heterocycles. The second-order valence-electron chi connectivity index (χ2n) is 8.15. The van der Waals surface area contributed by atoms with Crippen LogP contribution in [-0.2, 0) is 15.5 Å². The van der Waals surface area contributed by atoms with Crippen LogP contribution in [0, 0.1) is 6.92 Å². The largest absolute Gasteiger partial charge is 0.379 e. The lowest BCUT2D eigenvalue weighted by atomic mass is 9.98. The van der Waals surface area contributed by atoms with Crippen molar-refractivity contribution in [1.82, 2.24) is 15.2 Å². The van der Waals surface area contributed by atoms with Crippen molar-refractivity contribution in [2.75, 3.05) is 44.7 Å². The van der Waals surface area contributed by atoms with E-state index in [1.807, 2.05) is 0 Å². The van der Waals surface area contributed by atoms with E-state index >= 15 is 8.78 Å². The number of fused-ring (bicyclic) bond motifs is 1. The maximum atomic E-state index is 15.0. The van der Waals surface area contributed by atoms with E-state index in [0.717, 1.165) is 17.6 Å². The quantitative estimate of drug-likeness (QED) is 0.371. The minimum absolute atomic E-state index is 0.0151. The summed E-state index contributed by atoms with van der Waals surface area (Å²) in [4.78, 5) is 30.6. The minimum atomic E-state index is -3.50. The van der Waals surface area contributed by atoms with Gasteiger partial charge in [0.2, 0.25) is 0 Å². The number of aromatic nitrogens is 1. The van der Waals surface area contributed by atoms with Gasteiger partial charge < -0.3 is 20.4 Å². The summed E-state index contributed by atoms with van der Waals surface area (Å²) in [5.74, 6) is -4.52. The van der Waals surface area contributed by atoms with Gasteiger partial charge in [0.1, 0.15) is 0 Å². The molecule has 4 rings (SSSR count). The van der Waals surface area contributed by atoms with Gasteiger partial charge in [-0.15, -0.1) is 0 Å². The number of amides is 2. The van der Waals surface area contributed by atoms with E-state index < -0.39 is 23.3 Å². The van der Waals surface area contributed by atoms with Gasteiger partial charge in [0.05, 0.1) is 29.9 Å². The van der Waals surface area contributed by atoms with Crippen molar-refractivity contribution in [2.45, 2.75) is 12.8 Å². The van der Waals surface area contributed by atoms with Crippen molar-refractivity contribution in [3.8, 4) is 0 Å². The number of benzene rings is 1. The molecule has 2 aliphatic rings. The van der Waals surface area contributed by atoms with Crippen molar-refractivity contribution in [3.63, 3.8) is 0 Å². The Morgan fingerprint density at radius 3 is 2.79 bits per heavy atom. The number of aromatic amines is 1. The molecule has 3 N–H and O–H groups in total. The fraction of sp³-hybridized carbons (Fsp3) is 0.333. The number of carbonyl (C=O) groups excluding carboxylic acids is 2. The standard InChI is InChI=1S/C24H25BrF2N4O3/c1-3-24(26,27)21-19(13-17-16-12-15(25)4-5-18(16)30-22(17)32)29-14(2)20(21)23(33)28-6-7-31-8-10-34-11-9-31/h3-5,12-13,29H,1,6-11H2,2H3,(H,28,33)(H,30,32)/b17-13-. The van der Waals surface area contributed by atoms with Gasteiger partial charge in [0.15, 0.2) is 0 Å². The lowest BCUT2D eigenvalue weighted by molar-refractivity contribution is -0.110. The molecule has 1 fully saturated rings. The van der Waals surface area contributed by atoms with Gasteiger partial charge in [-0.25, -0.2) is 0 Å². The summed E-state index contributed by atoms with van der Waals surface area (Å²) < 4.78 is 36.1. The molecule has 0 aliphatic carbocycles. The number of rotatable bonds is 7. The summed E-state index contributed by atoms with van der Waals surface area (Å²) in [6.07, 6.45) is 1.86. The van der Waals surface area contributed by atoms with Crippen LogP contribution in [0.5, 0.6) is 0 Å². The zero-order chi connectivity index (χ0) is 24.5. The van der Waals surface area contributed by atoms with E-state index in [4.69, 9.17) is 4.74 Å². The second-order valence-corrected chi connectivity index (χ2v) is 9.07. The van der Waals surface area contributed by atoms with Crippen LogP contribution in [-0.4, -0.2) is 61.1 Å². The third-order valence-electron chi connectivity index (χ3n) is 5.90. The number of alkyl halides is 2. The first-order valence-corrected chi connectivity index (χ1v) is 11.7. The average molecular weight is 535 g/mol. The molecule has 10 heteroatoms. The van der Waals surface area contributed by atoms with E-state index in [9.17, 15) is 9.59 Å².